The van der Waals surface area contributed by atoms with Gasteiger partial charge in [0.2, 0.25) is 5.91 Å². The van der Waals surface area contributed by atoms with Crippen LogP contribution in [0, 0.1) is 0 Å². The van der Waals surface area contributed by atoms with Gasteiger partial charge in [-0.15, -0.1) is 0 Å². The van der Waals surface area contributed by atoms with Gasteiger partial charge in [0.15, 0.2) is 0 Å². The fourth-order valence-electron chi connectivity index (χ4n) is 3.73. The fourth-order valence-corrected chi connectivity index (χ4v) is 3.73. The maximum atomic E-state index is 12.9. The molecule has 0 radical (unpaired) electrons. The summed E-state index contributed by atoms with van der Waals surface area (Å²) < 4.78 is 0. The number of likely N-dealkylation sites (N-methyl/N-ethyl adjacent to an activating group) is 1. The zero-order valence-corrected chi connectivity index (χ0v) is 13.0. The Morgan fingerprint density at radius 1 is 1.19 bits per heavy atom. The number of hydrogen-bond acceptors (Lipinski definition) is 3. The lowest BCUT2D eigenvalue weighted by Crippen LogP contribution is -2.53. The number of rotatable bonds is 2. The first-order chi connectivity index (χ1) is 10.00. The number of carbonyl (C=O) groups excluding carboxylic acids is 1. The van der Waals surface area contributed by atoms with Crippen molar-refractivity contribution in [3.8, 4) is 0 Å². The summed E-state index contributed by atoms with van der Waals surface area (Å²) in [6.45, 7) is 3.47. The Morgan fingerprint density at radius 2 is 1.86 bits per heavy atom. The quantitative estimate of drug-likeness (QED) is 0.898. The Morgan fingerprint density at radius 3 is 2.57 bits per heavy atom. The number of carbonyl (C=O) groups is 1. The molecule has 0 aliphatic carbocycles. The minimum atomic E-state index is -0.941. The Hall–Kier alpha value is -1.39. The van der Waals surface area contributed by atoms with Crippen LogP contribution in [0.3, 0.4) is 0 Å². The number of nitrogens with two attached hydrogens (primary N) is 1. The summed E-state index contributed by atoms with van der Waals surface area (Å²) in [6.07, 6.45) is 3.52. The third kappa shape index (κ3) is 2.58. The molecule has 4 nitrogen and oxygen atoms in total. The van der Waals surface area contributed by atoms with Gasteiger partial charge in [0.05, 0.1) is 0 Å². The van der Waals surface area contributed by atoms with Gasteiger partial charge < -0.3 is 10.6 Å². The lowest BCUT2D eigenvalue weighted by atomic mass is 9.91. The van der Waals surface area contributed by atoms with Crippen LogP contribution in [0.15, 0.2) is 30.3 Å². The largest absolute Gasteiger partial charge is 0.339 e. The van der Waals surface area contributed by atoms with Gasteiger partial charge in [0.25, 0.3) is 0 Å². The van der Waals surface area contributed by atoms with E-state index in [-0.39, 0.29) is 5.91 Å². The lowest BCUT2D eigenvalue weighted by Gasteiger charge is -2.33. The predicted molar refractivity (Wildman–Crippen MR) is 83.8 cm³/mol. The molecule has 1 amide bonds. The van der Waals surface area contributed by atoms with Crippen LogP contribution in [0.25, 0.3) is 0 Å². The standard InChI is InChI=1S/C17H25N3O/c1-17(18,13-6-4-3-5-7-13)16(21)20-11-10-14-8-9-15(12-20)19(14)2/h3-7,14-15H,8-12,18H2,1-2H3. The highest BCUT2D eigenvalue weighted by Crippen LogP contribution is 2.30. The first-order valence-electron chi connectivity index (χ1n) is 7.86. The van der Waals surface area contributed by atoms with Crippen LogP contribution in [0.5, 0.6) is 0 Å². The third-order valence-corrected chi connectivity index (χ3v) is 5.25. The van der Waals surface area contributed by atoms with Crippen molar-refractivity contribution >= 4 is 5.91 Å². The monoisotopic (exact) mass is 287 g/mol. The molecule has 2 aliphatic heterocycles. The smallest absolute Gasteiger partial charge is 0.247 e. The molecule has 3 atom stereocenters. The summed E-state index contributed by atoms with van der Waals surface area (Å²) in [7, 11) is 2.19. The van der Waals surface area contributed by atoms with Crippen molar-refractivity contribution in [2.75, 3.05) is 20.1 Å². The van der Waals surface area contributed by atoms with E-state index >= 15 is 0 Å². The topological polar surface area (TPSA) is 49.6 Å². The SMILES string of the molecule is CN1C2CCC1CN(C(=O)C(C)(N)c1ccccc1)CC2. The van der Waals surface area contributed by atoms with E-state index in [1.54, 1.807) is 0 Å². The van der Waals surface area contributed by atoms with Crippen molar-refractivity contribution in [3.63, 3.8) is 0 Å². The molecule has 3 unspecified atom stereocenters. The average molecular weight is 287 g/mol. The molecule has 2 bridgehead atoms. The second-order valence-corrected chi connectivity index (χ2v) is 6.66. The maximum absolute atomic E-state index is 12.9. The predicted octanol–water partition coefficient (Wildman–Crippen LogP) is 1.56. The van der Waals surface area contributed by atoms with E-state index in [4.69, 9.17) is 5.73 Å². The van der Waals surface area contributed by atoms with Crippen LogP contribution in [-0.4, -0.2) is 47.9 Å². The van der Waals surface area contributed by atoms with Crippen LogP contribution in [0.1, 0.15) is 31.7 Å². The molecule has 0 aromatic heterocycles. The molecule has 0 spiro atoms. The van der Waals surface area contributed by atoms with Crippen LogP contribution < -0.4 is 5.73 Å². The van der Waals surface area contributed by atoms with E-state index in [9.17, 15) is 4.79 Å². The normalized spacial score (nSPS) is 29.0. The molecule has 2 fully saturated rings. The van der Waals surface area contributed by atoms with Crippen LogP contribution in [0.2, 0.25) is 0 Å². The van der Waals surface area contributed by atoms with E-state index in [1.807, 2.05) is 42.2 Å². The molecule has 0 saturated carbocycles. The fraction of sp³-hybridized carbons (Fsp3) is 0.588. The minimum absolute atomic E-state index is 0.0506. The van der Waals surface area contributed by atoms with Crippen LogP contribution >= 0.6 is 0 Å². The van der Waals surface area contributed by atoms with Crippen molar-refractivity contribution in [1.29, 1.82) is 0 Å². The number of fused-ring (bicyclic) bond motifs is 2. The third-order valence-electron chi connectivity index (χ3n) is 5.25. The van der Waals surface area contributed by atoms with E-state index in [0.29, 0.717) is 12.1 Å². The molecule has 2 heterocycles. The first-order valence-corrected chi connectivity index (χ1v) is 7.86. The van der Waals surface area contributed by atoms with Gasteiger partial charge >= 0.3 is 0 Å². The van der Waals surface area contributed by atoms with Gasteiger partial charge in [-0.1, -0.05) is 30.3 Å². The lowest BCUT2D eigenvalue weighted by molar-refractivity contribution is -0.137. The molecule has 114 valence electrons. The summed E-state index contributed by atoms with van der Waals surface area (Å²) in [5.74, 6) is 0.0506. The van der Waals surface area contributed by atoms with Gasteiger partial charge in [-0.3, -0.25) is 9.69 Å². The number of nitrogens with zero attached hydrogens (tertiary/aromatic N) is 2. The Kier molecular flexibility index (Phi) is 3.76. The molecule has 2 aliphatic rings. The molecule has 3 rings (SSSR count). The van der Waals surface area contributed by atoms with E-state index in [0.717, 1.165) is 25.1 Å². The molecule has 1 aromatic carbocycles. The van der Waals surface area contributed by atoms with E-state index < -0.39 is 5.54 Å². The molecule has 1 aromatic rings. The Bertz CT molecular complexity index is 514. The highest BCUT2D eigenvalue weighted by atomic mass is 16.2. The van der Waals surface area contributed by atoms with Gasteiger partial charge in [0, 0.05) is 25.2 Å². The number of hydrogen-bond donors (Lipinski definition) is 1. The summed E-state index contributed by atoms with van der Waals surface area (Å²) in [5, 5.41) is 0. The van der Waals surface area contributed by atoms with E-state index in [1.165, 1.54) is 12.8 Å². The van der Waals surface area contributed by atoms with Crippen LogP contribution in [-0.2, 0) is 10.3 Å². The molecular weight excluding hydrogens is 262 g/mol. The summed E-state index contributed by atoms with van der Waals surface area (Å²) >= 11 is 0. The zero-order chi connectivity index (χ0) is 15.0. The van der Waals surface area contributed by atoms with Crippen molar-refractivity contribution in [2.45, 2.75) is 43.8 Å². The molecule has 21 heavy (non-hydrogen) atoms. The minimum Gasteiger partial charge on any atom is -0.339 e. The Balaban J connectivity index is 1.79. The second-order valence-electron chi connectivity index (χ2n) is 6.66. The van der Waals surface area contributed by atoms with Crippen molar-refractivity contribution < 1.29 is 4.79 Å². The summed E-state index contributed by atoms with van der Waals surface area (Å²) in [6, 6.07) is 10.8. The van der Waals surface area contributed by atoms with Crippen LogP contribution in [0.4, 0.5) is 0 Å². The average Bonchev–Trinajstić information content (AvgIpc) is 2.72. The Labute approximate surface area is 126 Å². The molecular formula is C17H25N3O. The van der Waals surface area contributed by atoms with E-state index in [2.05, 4.69) is 11.9 Å². The molecule has 2 saturated heterocycles. The summed E-state index contributed by atoms with van der Waals surface area (Å²) in [5.41, 5.74) is 6.34. The zero-order valence-electron chi connectivity index (χ0n) is 13.0. The van der Waals surface area contributed by atoms with Gasteiger partial charge in [-0.2, -0.15) is 0 Å². The van der Waals surface area contributed by atoms with Crippen molar-refractivity contribution in [1.82, 2.24) is 9.80 Å². The number of amides is 1. The second kappa shape index (κ2) is 5.43. The van der Waals surface area contributed by atoms with Gasteiger partial charge in [-0.25, -0.2) is 0 Å². The summed E-state index contributed by atoms with van der Waals surface area (Å²) in [4.78, 5) is 17.4. The first kappa shape index (κ1) is 14.5. The molecule has 4 heteroatoms. The van der Waals surface area contributed by atoms with Gasteiger partial charge in [0.1, 0.15) is 5.54 Å². The number of likely N-dealkylation sites (tertiary alicyclic amines) is 1. The van der Waals surface area contributed by atoms with Gasteiger partial charge in [-0.05, 0) is 38.8 Å². The highest BCUT2D eigenvalue weighted by molar-refractivity contribution is 5.87. The maximum Gasteiger partial charge on any atom is 0.247 e. The highest BCUT2D eigenvalue weighted by Gasteiger charge is 2.40. The molecule has 2 N–H and O–H groups in total. The van der Waals surface area contributed by atoms with Crippen molar-refractivity contribution in [2.24, 2.45) is 5.73 Å². The van der Waals surface area contributed by atoms with Crippen molar-refractivity contribution in [3.05, 3.63) is 35.9 Å². The number of benzene rings is 1.